The van der Waals surface area contributed by atoms with Gasteiger partial charge in [-0.15, -0.1) is 0 Å². The number of benzene rings is 1. The van der Waals surface area contributed by atoms with Crippen molar-refractivity contribution in [2.24, 2.45) is 0 Å². The second-order valence-corrected chi connectivity index (χ2v) is 6.99. The van der Waals surface area contributed by atoms with E-state index in [9.17, 15) is 0 Å². The number of aryl methyl sites for hydroxylation is 1. The monoisotopic (exact) mass is 369 g/mol. The minimum atomic E-state index is 0.736. The topological polar surface area (TPSA) is 31.4 Å². The molecule has 0 fully saturated rings. The first kappa shape index (κ1) is 21.4. The van der Waals surface area contributed by atoms with Crippen molar-refractivity contribution in [3.05, 3.63) is 48.2 Å². The van der Waals surface area contributed by atoms with E-state index in [0.29, 0.717) is 0 Å². The van der Waals surface area contributed by atoms with Gasteiger partial charge in [0.2, 0.25) is 0 Å². The van der Waals surface area contributed by atoms with Crippen LogP contribution in [0.4, 0.5) is 0 Å². The van der Waals surface area contributed by atoms with Crippen LogP contribution in [-0.4, -0.2) is 24.8 Å². The third-order valence-corrected chi connectivity index (χ3v) is 4.71. The average Bonchev–Trinajstić information content (AvgIpc) is 2.71. The van der Waals surface area contributed by atoms with Crippen LogP contribution in [-0.2, 0) is 11.2 Å². The van der Waals surface area contributed by atoms with Gasteiger partial charge in [-0.1, -0.05) is 50.5 Å². The maximum atomic E-state index is 5.78. The Bertz CT molecular complexity index is 607. The van der Waals surface area contributed by atoms with Crippen LogP contribution in [0.5, 0.6) is 5.75 Å². The van der Waals surface area contributed by atoms with E-state index in [2.05, 4.69) is 36.2 Å². The third-order valence-electron chi connectivity index (χ3n) is 4.71. The Kier molecular flexibility index (Phi) is 10.6. The summed E-state index contributed by atoms with van der Waals surface area (Å²) in [4.78, 5) is 4.56. The fourth-order valence-electron chi connectivity index (χ4n) is 3.05. The van der Waals surface area contributed by atoms with Gasteiger partial charge in [0, 0.05) is 18.8 Å². The number of nitrogens with zero attached hydrogens (tertiary/aromatic N) is 1. The lowest BCUT2D eigenvalue weighted by Gasteiger charge is -2.08. The molecule has 3 nitrogen and oxygen atoms in total. The number of ether oxygens (including phenoxy) is 2. The normalized spacial score (nSPS) is 10.9. The number of hydrogen-bond acceptors (Lipinski definition) is 3. The fourth-order valence-corrected chi connectivity index (χ4v) is 3.05. The van der Waals surface area contributed by atoms with Gasteiger partial charge in [0.15, 0.2) is 0 Å². The molecule has 0 bridgehead atoms. The van der Waals surface area contributed by atoms with Crippen molar-refractivity contribution in [2.75, 3.05) is 19.8 Å². The summed E-state index contributed by atoms with van der Waals surface area (Å²) >= 11 is 0. The highest BCUT2D eigenvalue weighted by Crippen LogP contribution is 2.21. The molecule has 0 saturated heterocycles. The SMILES string of the molecule is CCCCCCc1ccc(-c2ccc(OCCCCCOCC)cn2)cc1. The first-order chi connectivity index (χ1) is 13.3. The first-order valence-corrected chi connectivity index (χ1v) is 10.6. The van der Waals surface area contributed by atoms with Crippen LogP contribution in [0.2, 0.25) is 0 Å². The molecule has 1 aromatic carbocycles. The Balaban J connectivity index is 1.72. The van der Waals surface area contributed by atoms with Gasteiger partial charge in [0.1, 0.15) is 5.75 Å². The van der Waals surface area contributed by atoms with Gasteiger partial charge in [0.25, 0.3) is 0 Å². The molecule has 0 N–H and O–H groups in total. The van der Waals surface area contributed by atoms with E-state index >= 15 is 0 Å². The van der Waals surface area contributed by atoms with E-state index in [4.69, 9.17) is 9.47 Å². The molecule has 0 radical (unpaired) electrons. The molecule has 0 aliphatic rings. The zero-order valence-corrected chi connectivity index (χ0v) is 17.1. The van der Waals surface area contributed by atoms with Crippen molar-refractivity contribution < 1.29 is 9.47 Å². The standard InChI is InChI=1S/C24H35NO2/c1-3-5-6-8-11-21-12-14-22(15-13-21)24-17-16-23(20-25-24)27-19-10-7-9-18-26-4-2/h12-17,20H,3-11,18-19H2,1-2H3. The number of unbranched alkanes of at least 4 members (excludes halogenated alkanes) is 5. The van der Waals surface area contributed by atoms with Crippen LogP contribution in [0.15, 0.2) is 42.6 Å². The van der Waals surface area contributed by atoms with E-state index in [1.165, 1.54) is 37.7 Å². The first-order valence-electron chi connectivity index (χ1n) is 10.6. The zero-order chi connectivity index (χ0) is 19.2. The molecule has 0 unspecified atom stereocenters. The highest BCUT2D eigenvalue weighted by Gasteiger charge is 2.02. The Morgan fingerprint density at radius 2 is 1.56 bits per heavy atom. The van der Waals surface area contributed by atoms with E-state index in [1.807, 2.05) is 25.3 Å². The predicted octanol–water partition coefficient (Wildman–Crippen LogP) is 6.46. The fraction of sp³-hybridized carbons (Fsp3) is 0.542. The average molecular weight is 370 g/mol. The van der Waals surface area contributed by atoms with E-state index in [1.54, 1.807) is 0 Å². The Hall–Kier alpha value is -1.87. The van der Waals surface area contributed by atoms with Gasteiger partial charge in [-0.2, -0.15) is 0 Å². The summed E-state index contributed by atoms with van der Waals surface area (Å²) in [6.45, 7) is 6.67. The molecular weight excluding hydrogens is 334 g/mol. The highest BCUT2D eigenvalue weighted by atomic mass is 16.5. The minimum absolute atomic E-state index is 0.736. The van der Waals surface area contributed by atoms with Crippen LogP contribution >= 0.6 is 0 Å². The van der Waals surface area contributed by atoms with Crippen LogP contribution < -0.4 is 4.74 Å². The van der Waals surface area contributed by atoms with Crippen molar-refractivity contribution >= 4 is 0 Å². The van der Waals surface area contributed by atoms with Crippen molar-refractivity contribution in [1.29, 1.82) is 0 Å². The van der Waals surface area contributed by atoms with E-state index in [0.717, 1.165) is 56.1 Å². The molecule has 0 aliphatic carbocycles. The molecule has 27 heavy (non-hydrogen) atoms. The maximum Gasteiger partial charge on any atom is 0.137 e. The molecule has 2 rings (SSSR count). The lowest BCUT2D eigenvalue weighted by atomic mass is 10.0. The zero-order valence-electron chi connectivity index (χ0n) is 17.1. The second-order valence-electron chi connectivity index (χ2n) is 6.99. The van der Waals surface area contributed by atoms with Gasteiger partial charge >= 0.3 is 0 Å². The summed E-state index contributed by atoms with van der Waals surface area (Å²) in [5.74, 6) is 0.844. The van der Waals surface area contributed by atoms with Crippen LogP contribution in [0.3, 0.4) is 0 Å². The van der Waals surface area contributed by atoms with E-state index in [-0.39, 0.29) is 0 Å². The van der Waals surface area contributed by atoms with Gasteiger partial charge in [-0.3, -0.25) is 4.98 Å². The number of hydrogen-bond donors (Lipinski definition) is 0. The quantitative estimate of drug-likeness (QED) is 0.358. The molecule has 0 aliphatic heterocycles. The summed E-state index contributed by atoms with van der Waals surface area (Å²) in [5.41, 5.74) is 3.57. The van der Waals surface area contributed by atoms with Crippen molar-refractivity contribution in [2.45, 2.75) is 65.2 Å². The molecule has 0 saturated carbocycles. The van der Waals surface area contributed by atoms with Crippen molar-refractivity contribution in [1.82, 2.24) is 4.98 Å². The number of rotatable bonds is 14. The Morgan fingerprint density at radius 3 is 2.26 bits per heavy atom. The molecule has 3 heteroatoms. The minimum Gasteiger partial charge on any atom is -0.492 e. The molecule has 0 atom stereocenters. The Morgan fingerprint density at radius 1 is 0.778 bits per heavy atom. The van der Waals surface area contributed by atoms with Crippen LogP contribution in [0.25, 0.3) is 11.3 Å². The summed E-state index contributed by atoms with van der Waals surface area (Å²) < 4.78 is 11.1. The van der Waals surface area contributed by atoms with Gasteiger partial charge in [-0.05, 0) is 56.7 Å². The van der Waals surface area contributed by atoms with Crippen LogP contribution in [0, 0.1) is 0 Å². The molecule has 1 heterocycles. The van der Waals surface area contributed by atoms with Crippen molar-refractivity contribution in [3.63, 3.8) is 0 Å². The number of pyridine rings is 1. The molecular formula is C24H35NO2. The summed E-state index contributed by atoms with van der Waals surface area (Å²) in [6.07, 6.45) is 11.5. The summed E-state index contributed by atoms with van der Waals surface area (Å²) in [7, 11) is 0. The number of aromatic nitrogens is 1. The lowest BCUT2D eigenvalue weighted by molar-refractivity contribution is 0.141. The van der Waals surface area contributed by atoms with Gasteiger partial charge in [0.05, 0.1) is 18.5 Å². The van der Waals surface area contributed by atoms with E-state index < -0.39 is 0 Å². The van der Waals surface area contributed by atoms with Crippen molar-refractivity contribution in [3.8, 4) is 17.0 Å². The third kappa shape index (κ3) is 8.57. The highest BCUT2D eigenvalue weighted by molar-refractivity contribution is 5.59. The smallest absolute Gasteiger partial charge is 0.137 e. The molecule has 1 aromatic heterocycles. The lowest BCUT2D eigenvalue weighted by Crippen LogP contribution is -1.99. The largest absolute Gasteiger partial charge is 0.492 e. The maximum absolute atomic E-state index is 5.78. The summed E-state index contributed by atoms with van der Waals surface area (Å²) in [6, 6.07) is 12.9. The van der Waals surface area contributed by atoms with Gasteiger partial charge < -0.3 is 9.47 Å². The molecule has 148 valence electrons. The molecule has 2 aromatic rings. The second kappa shape index (κ2) is 13.3. The van der Waals surface area contributed by atoms with Crippen LogP contribution in [0.1, 0.15) is 64.4 Å². The molecule has 0 spiro atoms. The van der Waals surface area contributed by atoms with Gasteiger partial charge in [-0.25, -0.2) is 0 Å². The summed E-state index contributed by atoms with van der Waals surface area (Å²) in [5, 5.41) is 0. The Labute approximate surface area is 165 Å². The predicted molar refractivity (Wildman–Crippen MR) is 113 cm³/mol. The molecule has 0 amide bonds.